The lowest BCUT2D eigenvalue weighted by molar-refractivity contribution is -0.142. The number of rotatable bonds is 6. The first-order valence-corrected chi connectivity index (χ1v) is 7.76. The van der Waals surface area contributed by atoms with Crippen molar-refractivity contribution >= 4 is 27.9 Å². The topological polar surface area (TPSA) is 72.8 Å². The van der Waals surface area contributed by atoms with E-state index in [-0.39, 0.29) is 11.3 Å². The molecule has 6 heteroatoms. The molecule has 0 aliphatic carbocycles. The first-order valence-electron chi connectivity index (χ1n) is 6.97. The Balaban J connectivity index is 2.09. The SMILES string of the molecule is CCC(Oc1ccccc1)C(=O)Oc1ccc(C(=O)O)cc1Br. The molecular weight excluding hydrogens is 364 g/mol. The van der Waals surface area contributed by atoms with Gasteiger partial charge in [0.25, 0.3) is 0 Å². The predicted octanol–water partition coefficient (Wildman–Crippen LogP) is 3.91. The normalized spacial score (nSPS) is 11.6. The van der Waals surface area contributed by atoms with E-state index in [1.54, 1.807) is 12.1 Å². The highest BCUT2D eigenvalue weighted by Crippen LogP contribution is 2.27. The van der Waals surface area contributed by atoms with Gasteiger partial charge < -0.3 is 14.6 Å². The molecule has 2 aromatic carbocycles. The fourth-order valence-electron chi connectivity index (χ4n) is 1.85. The molecule has 2 aromatic rings. The van der Waals surface area contributed by atoms with Crippen LogP contribution in [0.25, 0.3) is 0 Å². The third kappa shape index (κ3) is 4.56. The smallest absolute Gasteiger partial charge is 0.352 e. The van der Waals surface area contributed by atoms with E-state index in [2.05, 4.69) is 15.9 Å². The van der Waals surface area contributed by atoms with Crippen molar-refractivity contribution in [2.45, 2.75) is 19.4 Å². The second-order valence-corrected chi connectivity index (χ2v) is 5.55. The molecule has 0 heterocycles. The summed E-state index contributed by atoms with van der Waals surface area (Å²) in [7, 11) is 0. The van der Waals surface area contributed by atoms with Crippen LogP contribution in [0.1, 0.15) is 23.7 Å². The van der Waals surface area contributed by atoms with Gasteiger partial charge in [0.15, 0.2) is 6.10 Å². The molecule has 0 saturated heterocycles. The maximum Gasteiger partial charge on any atom is 0.352 e. The molecule has 0 saturated carbocycles. The molecule has 0 aliphatic rings. The number of carboxylic acid groups (broad SMARTS) is 1. The minimum atomic E-state index is -1.05. The number of carbonyl (C=O) groups excluding carboxylic acids is 1. The Kier molecular flexibility index (Phi) is 5.76. The second kappa shape index (κ2) is 7.78. The molecule has 0 bridgehead atoms. The minimum Gasteiger partial charge on any atom is -0.479 e. The van der Waals surface area contributed by atoms with Gasteiger partial charge in [-0.25, -0.2) is 9.59 Å². The van der Waals surface area contributed by atoms with E-state index < -0.39 is 18.0 Å². The van der Waals surface area contributed by atoms with Crippen LogP contribution in [0, 0.1) is 0 Å². The number of ether oxygens (including phenoxy) is 2. The number of para-hydroxylation sites is 1. The number of halogens is 1. The molecule has 1 N–H and O–H groups in total. The Morgan fingerprint density at radius 2 is 1.87 bits per heavy atom. The molecule has 0 radical (unpaired) electrons. The highest BCUT2D eigenvalue weighted by Gasteiger charge is 2.22. The van der Waals surface area contributed by atoms with Crippen LogP contribution < -0.4 is 9.47 Å². The van der Waals surface area contributed by atoms with E-state index in [1.807, 2.05) is 25.1 Å². The Hall–Kier alpha value is -2.34. The first kappa shape index (κ1) is 17.0. The highest BCUT2D eigenvalue weighted by molar-refractivity contribution is 9.10. The summed E-state index contributed by atoms with van der Waals surface area (Å²) in [5.41, 5.74) is 0.101. The van der Waals surface area contributed by atoms with Crippen molar-refractivity contribution in [1.82, 2.24) is 0 Å². The zero-order valence-electron chi connectivity index (χ0n) is 12.4. The maximum atomic E-state index is 12.2. The molecule has 2 rings (SSSR count). The van der Waals surface area contributed by atoms with E-state index in [0.717, 1.165) is 0 Å². The molecule has 1 unspecified atom stereocenters. The van der Waals surface area contributed by atoms with Crippen molar-refractivity contribution < 1.29 is 24.2 Å². The molecule has 23 heavy (non-hydrogen) atoms. The average molecular weight is 379 g/mol. The fraction of sp³-hybridized carbons (Fsp3) is 0.176. The zero-order chi connectivity index (χ0) is 16.8. The molecule has 1 atom stereocenters. The third-order valence-corrected chi connectivity index (χ3v) is 3.66. The van der Waals surface area contributed by atoms with Gasteiger partial charge in [0.2, 0.25) is 0 Å². The lowest BCUT2D eigenvalue weighted by atomic mass is 10.2. The van der Waals surface area contributed by atoms with E-state index in [0.29, 0.717) is 16.6 Å². The maximum absolute atomic E-state index is 12.2. The Morgan fingerprint density at radius 1 is 1.17 bits per heavy atom. The van der Waals surface area contributed by atoms with E-state index in [1.165, 1.54) is 18.2 Å². The van der Waals surface area contributed by atoms with Crippen molar-refractivity contribution in [3.05, 3.63) is 58.6 Å². The monoisotopic (exact) mass is 378 g/mol. The standard InChI is InChI=1S/C17H15BrO5/c1-2-14(22-12-6-4-3-5-7-12)17(21)23-15-9-8-11(16(19)20)10-13(15)18/h3-10,14H,2H2,1H3,(H,19,20). The number of esters is 1. The molecule has 0 aliphatic heterocycles. The van der Waals surface area contributed by atoms with Crippen LogP contribution in [-0.4, -0.2) is 23.1 Å². The molecule has 0 spiro atoms. The molecule has 0 amide bonds. The van der Waals surface area contributed by atoms with Gasteiger partial charge in [-0.2, -0.15) is 0 Å². The van der Waals surface area contributed by atoms with E-state index in [9.17, 15) is 9.59 Å². The van der Waals surface area contributed by atoms with Crippen LogP contribution in [0.5, 0.6) is 11.5 Å². The number of hydrogen-bond acceptors (Lipinski definition) is 4. The Morgan fingerprint density at radius 3 is 2.43 bits per heavy atom. The number of aromatic carboxylic acids is 1. The Labute approximate surface area is 142 Å². The summed E-state index contributed by atoms with van der Waals surface area (Å²) in [6, 6.07) is 13.2. The van der Waals surface area contributed by atoms with Crippen LogP contribution in [0.4, 0.5) is 0 Å². The second-order valence-electron chi connectivity index (χ2n) is 4.70. The molecular formula is C17H15BrO5. The first-order chi connectivity index (χ1) is 11.0. The largest absolute Gasteiger partial charge is 0.479 e. The number of carboxylic acids is 1. The number of benzene rings is 2. The molecule has 120 valence electrons. The van der Waals surface area contributed by atoms with Gasteiger partial charge in [0, 0.05) is 0 Å². The highest BCUT2D eigenvalue weighted by atomic mass is 79.9. The van der Waals surface area contributed by atoms with Gasteiger partial charge in [0.1, 0.15) is 11.5 Å². The molecule has 0 aromatic heterocycles. The summed E-state index contributed by atoms with van der Waals surface area (Å²) in [5.74, 6) is -0.769. The van der Waals surface area contributed by atoms with Crippen LogP contribution in [0.3, 0.4) is 0 Å². The average Bonchev–Trinajstić information content (AvgIpc) is 2.55. The summed E-state index contributed by atoms with van der Waals surface area (Å²) >= 11 is 3.20. The summed E-state index contributed by atoms with van der Waals surface area (Å²) < 4.78 is 11.3. The zero-order valence-corrected chi connectivity index (χ0v) is 13.9. The minimum absolute atomic E-state index is 0.101. The van der Waals surface area contributed by atoms with E-state index in [4.69, 9.17) is 14.6 Å². The Bertz CT molecular complexity index is 699. The third-order valence-electron chi connectivity index (χ3n) is 3.04. The van der Waals surface area contributed by atoms with Gasteiger partial charge in [-0.3, -0.25) is 0 Å². The van der Waals surface area contributed by atoms with Crippen molar-refractivity contribution in [2.24, 2.45) is 0 Å². The molecule has 5 nitrogen and oxygen atoms in total. The molecule has 0 fully saturated rings. The van der Waals surface area contributed by atoms with Crippen molar-refractivity contribution in [3.8, 4) is 11.5 Å². The summed E-state index contributed by atoms with van der Waals surface area (Å²) in [4.78, 5) is 23.1. The van der Waals surface area contributed by atoms with Gasteiger partial charge in [-0.1, -0.05) is 25.1 Å². The summed E-state index contributed by atoms with van der Waals surface area (Å²) in [6.07, 6.45) is -0.304. The lowest BCUT2D eigenvalue weighted by Gasteiger charge is -2.16. The van der Waals surface area contributed by atoms with Crippen molar-refractivity contribution in [3.63, 3.8) is 0 Å². The van der Waals surface area contributed by atoms with Crippen LogP contribution in [-0.2, 0) is 4.79 Å². The van der Waals surface area contributed by atoms with Gasteiger partial charge >= 0.3 is 11.9 Å². The predicted molar refractivity (Wildman–Crippen MR) is 87.9 cm³/mol. The quantitative estimate of drug-likeness (QED) is 0.609. The van der Waals surface area contributed by atoms with Crippen LogP contribution in [0.15, 0.2) is 53.0 Å². The van der Waals surface area contributed by atoms with Crippen LogP contribution in [0.2, 0.25) is 0 Å². The fourth-order valence-corrected chi connectivity index (χ4v) is 2.31. The van der Waals surface area contributed by atoms with Crippen molar-refractivity contribution in [1.29, 1.82) is 0 Å². The van der Waals surface area contributed by atoms with Gasteiger partial charge in [-0.15, -0.1) is 0 Å². The summed E-state index contributed by atoms with van der Waals surface area (Å²) in [5, 5.41) is 8.92. The number of hydrogen-bond donors (Lipinski definition) is 1. The van der Waals surface area contributed by atoms with Gasteiger partial charge in [0.05, 0.1) is 10.0 Å². The number of carbonyl (C=O) groups is 2. The lowest BCUT2D eigenvalue weighted by Crippen LogP contribution is -2.30. The van der Waals surface area contributed by atoms with Crippen LogP contribution >= 0.6 is 15.9 Å². The summed E-state index contributed by atoms with van der Waals surface area (Å²) in [6.45, 7) is 1.82. The van der Waals surface area contributed by atoms with Gasteiger partial charge in [-0.05, 0) is 52.7 Å². The van der Waals surface area contributed by atoms with E-state index >= 15 is 0 Å². The van der Waals surface area contributed by atoms with Crippen molar-refractivity contribution in [2.75, 3.05) is 0 Å².